The smallest absolute Gasteiger partial charge is 0.153 e. The number of nitrogens with zero attached hydrogens (tertiary/aromatic N) is 1. The summed E-state index contributed by atoms with van der Waals surface area (Å²) < 4.78 is 5.78. The van der Waals surface area contributed by atoms with Crippen LogP contribution in [-0.4, -0.2) is 37.4 Å². The lowest BCUT2D eigenvalue weighted by molar-refractivity contribution is 0.111. The molecule has 0 spiro atoms. The van der Waals surface area contributed by atoms with Crippen LogP contribution in [0.3, 0.4) is 0 Å². The molecule has 0 bridgehead atoms. The molecule has 1 aromatic rings. The van der Waals surface area contributed by atoms with Crippen molar-refractivity contribution in [1.82, 2.24) is 4.90 Å². The molecule has 0 N–H and O–H groups in total. The van der Waals surface area contributed by atoms with E-state index >= 15 is 0 Å². The molecular weight excluding hydrogens is 250 g/mol. The molecule has 0 aromatic heterocycles. The normalized spacial score (nSPS) is 16.4. The van der Waals surface area contributed by atoms with Crippen LogP contribution >= 0.6 is 0 Å². The zero-order valence-corrected chi connectivity index (χ0v) is 12.8. The number of rotatable bonds is 5. The zero-order chi connectivity index (χ0) is 14.6. The predicted molar refractivity (Wildman–Crippen MR) is 81.7 cm³/mol. The monoisotopic (exact) mass is 275 g/mol. The molecule has 1 heterocycles. The summed E-state index contributed by atoms with van der Waals surface area (Å²) in [6.07, 6.45) is 3.47. The third-order valence-corrected chi connectivity index (χ3v) is 3.87. The maximum absolute atomic E-state index is 11.2. The van der Waals surface area contributed by atoms with Crippen molar-refractivity contribution in [3.05, 3.63) is 29.3 Å². The zero-order valence-electron chi connectivity index (χ0n) is 12.8. The lowest BCUT2D eigenvalue weighted by Gasteiger charge is -2.21. The molecule has 1 saturated heterocycles. The van der Waals surface area contributed by atoms with Gasteiger partial charge in [-0.05, 0) is 49.0 Å². The van der Waals surface area contributed by atoms with Gasteiger partial charge in [-0.3, -0.25) is 9.69 Å². The molecule has 20 heavy (non-hydrogen) atoms. The van der Waals surface area contributed by atoms with Gasteiger partial charge in [-0.15, -0.1) is 0 Å². The van der Waals surface area contributed by atoms with Crippen LogP contribution in [0.2, 0.25) is 0 Å². The molecule has 110 valence electrons. The average Bonchev–Trinajstić information content (AvgIpc) is 2.91. The van der Waals surface area contributed by atoms with Crippen molar-refractivity contribution in [3.8, 4) is 5.75 Å². The lowest BCUT2D eigenvalue weighted by Crippen LogP contribution is -2.25. The largest absolute Gasteiger partial charge is 0.492 e. The van der Waals surface area contributed by atoms with Gasteiger partial charge in [-0.1, -0.05) is 26.8 Å². The van der Waals surface area contributed by atoms with Crippen LogP contribution < -0.4 is 4.74 Å². The highest BCUT2D eigenvalue weighted by atomic mass is 16.5. The quantitative estimate of drug-likeness (QED) is 0.772. The molecular formula is C17H25NO2. The van der Waals surface area contributed by atoms with Crippen molar-refractivity contribution in [2.45, 2.75) is 39.0 Å². The predicted octanol–water partition coefficient (Wildman–Crippen LogP) is 3.27. The molecule has 0 amide bonds. The molecule has 3 heteroatoms. The number of benzene rings is 1. The maximum Gasteiger partial charge on any atom is 0.153 e. The Hall–Kier alpha value is -1.35. The standard InChI is InChI=1S/C17H25NO2/c1-17(2,3)15-6-7-16(14(12-15)13-19)20-11-10-18-8-4-5-9-18/h6-7,12-13H,4-5,8-11H2,1-3H3. The highest BCUT2D eigenvalue weighted by Gasteiger charge is 2.16. The van der Waals surface area contributed by atoms with Crippen LogP contribution in [0.25, 0.3) is 0 Å². The first-order valence-corrected chi connectivity index (χ1v) is 7.45. The van der Waals surface area contributed by atoms with E-state index in [2.05, 4.69) is 31.7 Å². The number of hydrogen-bond acceptors (Lipinski definition) is 3. The summed E-state index contributed by atoms with van der Waals surface area (Å²) in [7, 11) is 0. The summed E-state index contributed by atoms with van der Waals surface area (Å²) in [5.74, 6) is 0.701. The Kier molecular flexibility index (Phi) is 4.81. The van der Waals surface area contributed by atoms with E-state index in [4.69, 9.17) is 4.74 Å². The molecule has 2 rings (SSSR count). The molecule has 0 radical (unpaired) electrons. The van der Waals surface area contributed by atoms with Crippen LogP contribution in [0.15, 0.2) is 18.2 Å². The first-order valence-electron chi connectivity index (χ1n) is 7.45. The molecule has 1 aromatic carbocycles. The summed E-state index contributed by atoms with van der Waals surface area (Å²) in [5, 5.41) is 0. The minimum absolute atomic E-state index is 0.0475. The van der Waals surface area contributed by atoms with E-state index < -0.39 is 0 Å². The van der Waals surface area contributed by atoms with Crippen molar-refractivity contribution in [2.24, 2.45) is 0 Å². The number of aldehydes is 1. The summed E-state index contributed by atoms with van der Waals surface area (Å²) in [6.45, 7) is 10.4. The van der Waals surface area contributed by atoms with Crippen molar-refractivity contribution >= 4 is 6.29 Å². The van der Waals surface area contributed by atoms with E-state index in [0.717, 1.165) is 18.4 Å². The third kappa shape index (κ3) is 3.83. The molecule has 0 unspecified atom stereocenters. The van der Waals surface area contributed by atoms with Gasteiger partial charge in [0.15, 0.2) is 6.29 Å². The van der Waals surface area contributed by atoms with E-state index in [1.54, 1.807) is 0 Å². The van der Waals surface area contributed by atoms with Gasteiger partial charge < -0.3 is 4.74 Å². The lowest BCUT2D eigenvalue weighted by atomic mass is 9.86. The molecule has 1 fully saturated rings. The Morgan fingerprint density at radius 2 is 1.95 bits per heavy atom. The average molecular weight is 275 g/mol. The summed E-state index contributed by atoms with van der Waals surface area (Å²) in [4.78, 5) is 13.6. The fraction of sp³-hybridized carbons (Fsp3) is 0.588. The SMILES string of the molecule is CC(C)(C)c1ccc(OCCN2CCCC2)c(C=O)c1. The maximum atomic E-state index is 11.2. The first-order chi connectivity index (χ1) is 9.50. The Morgan fingerprint density at radius 1 is 1.25 bits per heavy atom. The number of carbonyl (C=O) groups is 1. The number of hydrogen-bond donors (Lipinski definition) is 0. The second-order valence-electron chi connectivity index (χ2n) is 6.52. The molecule has 0 saturated carbocycles. The van der Waals surface area contributed by atoms with Gasteiger partial charge in [-0.2, -0.15) is 0 Å². The van der Waals surface area contributed by atoms with Crippen LogP contribution in [0.1, 0.15) is 49.5 Å². The Balaban J connectivity index is 1.98. The van der Waals surface area contributed by atoms with E-state index in [9.17, 15) is 4.79 Å². The number of carbonyl (C=O) groups excluding carboxylic acids is 1. The van der Waals surface area contributed by atoms with Crippen molar-refractivity contribution in [3.63, 3.8) is 0 Å². The van der Waals surface area contributed by atoms with Gasteiger partial charge in [0.1, 0.15) is 12.4 Å². The Labute approximate surface area is 121 Å². The van der Waals surface area contributed by atoms with E-state index in [1.165, 1.54) is 25.9 Å². The molecule has 3 nitrogen and oxygen atoms in total. The highest BCUT2D eigenvalue weighted by Crippen LogP contribution is 2.27. The molecule has 0 aliphatic carbocycles. The van der Waals surface area contributed by atoms with Crippen molar-refractivity contribution < 1.29 is 9.53 Å². The Bertz CT molecular complexity index is 457. The first kappa shape index (κ1) is 15.0. The summed E-state index contributed by atoms with van der Waals surface area (Å²) in [6, 6.07) is 5.92. The summed E-state index contributed by atoms with van der Waals surface area (Å²) in [5.41, 5.74) is 1.86. The van der Waals surface area contributed by atoms with Crippen molar-refractivity contribution in [1.29, 1.82) is 0 Å². The van der Waals surface area contributed by atoms with Gasteiger partial charge in [-0.25, -0.2) is 0 Å². The van der Waals surface area contributed by atoms with Gasteiger partial charge in [0.25, 0.3) is 0 Å². The second-order valence-corrected chi connectivity index (χ2v) is 6.52. The van der Waals surface area contributed by atoms with E-state index in [0.29, 0.717) is 17.9 Å². The Morgan fingerprint density at radius 3 is 2.55 bits per heavy atom. The van der Waals surface area contributed by atoms with Gasteiger partial charge in [0.2, 0.25) is 0 Å². The van der Waals surface area contributed by atoms with Crippen LogP contribution in [0, 0.1) is 0 Å². The van der Waals surface area contributed by atoms with Gasteiger partial charge >= 0.3 is 0 Å². The minimum Gasteiger partial charge on any atom is -0.492 e. The van der Waals surface area contributed by atoms with Crippen LogP contribution in [0.4, 0.5) is 0 Å². The van der Waals surface area contributed by atoms with Crippen molar-refractivity contribution in [2.75, 3.05) is 26.2 Å². The van der Waals surface area contributed by atoms with Crippen LogP contribution in [-0.2, 0) is 5.41 Å². The van der Waals surface area contributed by atoms with E-state index in [1.807, 2.05) is 12.1 Å². The third-order valence-electron chi connectivity index (χ3n) is 3.87. The van der Waals surface area contributed by atoms with E-state index in [-0.39, 0.29) is 5.41 Å². The second kappa shape index (κ2) is 6.40. The molecule has 0 atom stereocenters. The van der Waals surface area contributed by atoms with Gasteiger partial charge in [0.05, 0.1) is 5.56 Å². The minimum atomic E-state index is 0.0475. The number of likely N-dealkylation sites (tertiary alicyclic amines) is 1. The fourth-order valence-corrected chi connectivity index (χ4v) is 2.53. The number of ether oxygens (including phenoxy) is 1. The topological polar surface area (TPSA) is 29.5 Å². The highest BCUT2D eigenvalue weighted by molar-refractivity contribution is 5.79. The van der Waals surface area contributed by atoms with Crippen LogP contribution in [0.5, 0.6) is 5.75 Å². The molecule has 1 aliphatic rings. The molecule has 1 aliphatic heterocycles. The van der Waals surface area contributed by atoms with Gasteiger partial charge in [0, 0.05) is 6.54 Å². The summed E-state index contributed by atoms with van der Waals surface area (Å²) >= 11 is 0. The fourth-order valence-electron chi connectivity index (χ4n) is 2.53.